The molecule has 2 fully saturated rings. The lowest BCUT2D eigenvalue weighted by Gasteiger charge is -2.30. The number of pyridine rings is 1. The van der Waals surface area contributed by atoms with Crippen LogP contribution >= 0.6 is 0 Å². The molecule has 1 saturated carbocycles. The molecule has 1 aromatic carbocycles. The number of hydrogen-bond donors (Lipinski definition) is 1. The van der Waals surface area contributed by atoms with Crippen LogP contribution in [0.25, 0.3) is 33.6 Å². The van der Waals surface area contributed by atoms with Crippen LogP contribution in [0.1, 0.15) is 36.0 Å². The maximum Gasteiger partial charge on any atom is 0.254 e. The number of aromatic nitrogens is 4. The van der Waals surface area contributed by atoms with Crippen molar-refractivity contribution in [2.24, 2.45) is 18.7 Å². The third-order valence-electron chi connectivity index (χ3n) is 7.35. The maximum absolute atomic E-state index is 13.4. The molecule has 1 amide bonds. The molecular weight excluding hydrogens is 476 g/mol. The molecule has 188 valence electrons. The highest BCUT2D eigenvalue weighted by Crippen LogP contribution is 2.37. The molecule has 4 heterocycles. The van der Waals surface area contributed by atoms with Crippen molar-refractivity contribution in [1.29, 1.82) is 0 Å². The standard InChI is InChI=1S/C26H30N6O3S/c1-30-23-20(11-18(13-22(23)36(2,34)35)26(33)31-10-4-6-19(27)15-31)29-25(30)21-12-17-5-3-9-28-24(17)32(21)14-16-7-8-16/h3,5,9,11-13,16,19H,4,6-8,10,14-15,27H2,1-2H3. The number of carbonyl (C=O) groups is 1. The highest BCUT2D eigenvalue weighted by atomic mass is 32.2. The second-order valence-electron chi connectivity index (χ2n) is 10.3. The summed E-state index contributed by atoms with van der Waals surface area (Å²) in [5.41, 5.74) is 9.18. The molecule has 36 heavy (non-hydrogen) atoms. The lowest BCUT2D eigenvalue weighted by molar-refractivity contribution is 0.0708. The first-order valence-electron chi connectivity index (χ1n) is 12.4. The van der Waals surface area contributed by atoms with Crippen LogP contribution in [0.3, 0.4) is 0 Å². The van der Waals surface area contributed by atoms with Gasteiger partial charge in [-0.25, -0.2) is 18.4 Å². The van der Waals surface area contributed by atoms with E-state index in [0.29, 0.717) is 41.4 Å². The summed E-state index contributed by atoms with van der Waals surface area (Å²) < 4.78 is 29.8. The number of imidazole rings is 1. The second kappa shape index (κ2) is 8.41. The van der Waals surface area contributed by atoms with E-state index in [4.69, 9.17) is 10.7 Å². The smallest absolute Gasteiger partial charge is 0.254 e. The van der Waals surface area contributed by atoms with Crippen molar-refractivity contribution in [3.63, 3.8) is 0 Å². The zero-order chi connectivity index (χ0) is 25.2. The van der Waals surface area contributed by atoms with Gasteiger partial charge in [-0.05, 0) is 61.9 Å². The Morgan fingerprint density at radius 2 is 2.00 bits per heavy atom. The van der Waals surface area contributed by atoms with Crippen LogP contribution in [0.4, 0.5) is 0 Å². The SMILES string of the molecule is Cn1c(-c2cc3cccnc3n2CC2CC2)nc2cc(C(=O)N3CCCC(N)C3)cc(S(C)(=O)=O)c21. The van der Waals surface area contributed by atoms with Gasteiger partial charge in [0, 0.05) is 56.1 Å². The largest absolute Gasteiger partial charge is 0.337 e. The summed E-state index contributed by atoms with van der Waals surface area (Å²) in [4.78, 5) is 24.7. The third-order valence-corrected chi connectivity index (χ3v) is 8.46. The van der Waals surface area contributed by atoms with Crippen LogP contribution in [-0.4, -0.2) is 63.7 Å². The number of aryl methyl sites for hydroxylation is 1. The molecule has 10 heteroatoms. The fourth-order valence-corrected chi connectivity index (χ4v) is 6.27. The Morgan fingerprint density at radius 3 is 2.72 bits per heavy atom. The van der Waals surface area contributed by atoms with Gasteiger partial charge < -0.3 is 19.8 Å². The van der Waals surface area contributed by atoms with Crippen LogP contribution < -0.4 is 5.73 Å². The van der Waals surface area contributed by atoms with Crippen LogP contribution in [0, 0.1) is 5.92 Å². The number of nitrogens with two attached hydrogens (primary N) is 1. The average Bonchev–Trinajstić information content (AvgIpc) is 3.51. The van der Waals surface area contributed by atoms with Crippen molar-refractivity contribution in [3.05, 3.63) is 42.1 Å². The van der Waals surface area contributed by atoms with Crippen LogP contribution in [0.5, 0.6) is 0 Å². The number of amides is 1. The van der Waals surface area contributed by atoms with Crippen LogP contribution in [0.2, 0.25) is 0 Å². The van der Waals surface area contributed by atoms with E-state index in [9.17, 15) is 13.2 Å². The Hall–Kier alpha value is -3.24. The summed E-state index contributed by atoms with van der Waals surface area (Å²) >= 11 is 0. The minimum Gasteiger partial charge on any atom is -0.337 e. The summed E-state index contributed by atoms with van der Waals surface area (Å²) in [5, 5.41) is 1.01. The lowest BCUT2D eigenvalue weighted by Crippen LogP contribution is -2.45. The topological polar surface area (TPSA) is 116 Å². The Labute approximate surface area is 209 Å². The molecule has 1 aliphatic carbocycles. The fraction of sp³-hybridized carbons (Fsp3) is 0.423. The molecule has 1 atom stereocenters. The van der Waals surface area contributed by atoms with Crippen molar-refractivity contribution in [1.82, 2.24) is 24.0 Å². The van der Waals surface area contributed by atoms with Gasteiger partial charge in [-0.3, -0.25) is 4.79 Å². The molecule has 0 spiro atoms. The van der Waals surface area contributed by atoms with Crippen molar-refractivity contribution < 1.29 is 13.2 Å². The van der Waals surface area contributed by atoms with Crippen molar-refractivity contribution in [3.8, 4) is 11.5 Å². The predicted octanol–water partition coefficient (Wildman–Crippen LogP) is 2.97. The lowest BCUT2D eigenvalue weighted by atomic mass is 10.1. The molecule has 1 saturated heterocycles. The number of sulfone groups is 1. The normalized spacial score (nSPS) is 18.9. The summed E-state index contributed by atoms with van der Waals surface area (Å²) in [7, 11) is -1.81. The van der Waals surface area contributed by atoms with Gasteiger partial charge in [0.2, 0.25) is 0 Å². The fourth-order valence-electron chi connectivity index (χ4n) is 5.34. The van der Waals surface area contributed by atoms with Gasteiger partial charge >= 0.3 is 0 Å². The van der Waals surface area contributed by atoms with E-state index in [2.05, 4.69) is 15.6 Å². The first kappa shape index (κ1) is 23.2. The maximum atomic E-state index is 13.4. The van der Waals surface area contributed by atoms with E-state index < -0.39 is 9.84 Å². The number of piperidine rings is 1. The molecule has 3 aromatic heterocycles. The highest BCUT2D eigenvalue weighted by Gasteiger charge is 2.29. The molecule has 0 radical (unpaired) electrons. The van der Waals surface area contributed by atoms with Gasteiger partial charge in [-0.2, -0.15) is 0 Å². The monoisotopic (exact) mass is 506 g/mol. The van der Waals surface area contributed by atoms with E-state index in [1.807, 2.05) is 23.7 Å². The third kappa shape index (κ3) is 3.98. The summed E-state index contributed by atoms with van der Waals surface area (Å²) in [6.07, 6.45) is 7.06. The van der Waals surface area contributed by atoms with E-state index in [1.165, 1.54) is 25.2 Å². The number of carbonyl (C=O) groups excluding carboxylic acids is 1. The quantitative estimate of drug-likeness (QED) is 0.445. The summed E-state index contributed by atoms with van der Waals surface area (Å²) in [5.74, 6) is 1.05. The van der Waals surface area contributed by atoms with Gasteiger partial charge in [0.1, 0.15) is 5.65 Å². The number of hydrogen-bond acceptors (Lipinski definition) is 6. The van der Waals surface area contributed by atoms with Crippen molar-refractivity contribution in [2.45, 2.75) is 43.2 Å². The molecule has 2 N–H and O–H groups in total. The average molecular weight is 507 g/mol. The molecule has 2 aliphatic rings. The van der Waals surface area contributed by atoms with Crippen LogP contribution in [-0.2, 0) is 23.4 Å². The minimum absolute atomic E-state index is 0.0655. The summed E-state index contributed by atoms with van der Waals surface area (Å²) in [6, 6.07) is 9.14. The number of nitrogens with zero attached hydrogens (tertiary/aromatic N) is 5. The Balaban J connectivity index is 1.54. The van der Waals surface area contributed by atoms with Gasteiger partial charge in [0.05, 0.1) is 21.6 Å². The van der Waals surface area contributed by atoms with Crippen molar-refractivity contribution >= 4 is 37.8 Å². The number of likely N-dealkylation sites (tertiary alicyclic amines) is 1. The molecule has 9 nitrogen and oxygen atoms in total. The number of fused-ring (bicyclic) bond motifs is 2. The molecule has 0 bridgehead atoms. The Bertz CT molecular complexity index is 1620. The van der Waals surface area contributed by atoms with Gasteiger partial charge in [-0.15, -0.1) is 0 Å². The van der Waals surface area contributed by atoms with E-state index >= 15 is 0 Å². The molecular formula is C26H30N6O3S. The van der Waals surface area contributed by atoms with Gasteiger partial charge in [-0.1, -0.05) is 0 Å². The zero-order valence-electron chi connectivity index (χ0n) is 20.5. The Kier molecular flexibility index (Phi) is 5.42. The first-order chi connectivity index (χ1) is 17.2. The molecule has 6 rings (SSSR count). The molecule has 1 unspecified atom stereocenters. The zero-order valence-corrected chi connectivity index (χ0v) is 21.3. The Morgan fingerprint density at radius 1 is 1.19 bits per heavy atom. The molecule has 4 aromatic rings. The van der Waals surface area contributed by atoms with Gasteiger partial charge in [0.15, 0.2) is 15.7 Å². The van der Waals surface area contributed by atoms with Crippen LogP contribution in [0.15, 0.2) is 41.4 Å². The van der Waals surface area contributed by atoms with E-state index in [0.717, 1.165) is 36.1 Å². The van der Waals surface area contributed by atoms with E-state index in [1.54, 1.807) is 17.2 Å². The first-order valence-corrected chi connectivity index (χ1v) is 14.3. The second-order valence-corrected chi connectivity index (χ2v) is 12.2. The van der Waals surface area contributed by atoms with Gasteiger partial charge in [0.25, 0.3) is 5.91 Å². The number of benzene rings is 1. The summed E-state index contributed by atoms with van der Waals surface area (Å²) in [6.45, 7) is 1.92. The minimum atomic E-state index is -3.64. The predicted molar refractivity (Wildman–Crippen MR) is 138 cm³/mol. The highest BCUT2D eigenvalue weighted by molar-refractivity contribution is 7.91. The number of rotatable bonds is 5. The molecule has 1 aliphatic heterocycles. The van der Waals surface area contributed by atoms with Crippen molar-refractivity contribution in [2.75, 3.05) is 19.3 Å². The van der Waals surface area contributed by atoms with E-state index in [-0.39, 0.29) is 16.8 Å².